The van der Waals surface area contributed by atoms with Crippen molar-refractivity contribution in [3.63, 3.8) is 0 Å². The fourth-order valence-corrected chi connectivity index (χ4v) is 1.75. The summed E-state index contributed by atoms with van der Waals surface area (Å²) in [6, 6.07) is 5.24. The predicted octanol–water partition coefficient (Wildman–Crippen LogP) is 1.77. The standard InChI is InChI=1S/C14H20N4O2/c1-9(2)14(3,8-15)16-13(19)11-7-10(17-18-11)12-5-4-6-20-12/h4-7,9H,8,15H2,1-3H3,(H,16,19)(H,17,18). The summed E-state index contributed by atoms with van der Waals surface area (Å²) < 4.78 is 5.25. The topological polar surface area (TPSA) is 96.9 Å². The molecule has 2 aromatic rings. The monoisotopic (exact) mass is 276 g/mol. The second-order valence-corrected chi connectivity index (χ2v) is 5.37. The predicted molar refractivity (Wildman–Crippen MR) is 76.1 cm³/mol. The van der Waals surface area contributed by atoms with Gasteiger partial charge < -0.3 is 15.5 Å². The Hall–Kier alpha value is -2.08. The summed E-state index contributed by atoms with van der Waals surface area (Å²) >= 11 is 0. The highest BCUT2D eigenvalue weighted by atomic mass is 16.3. The minimum absolute atomic E-state index is 0.222. The van der Waals surface area contributed by atoms with Crippen LogP contribution in [-0.4, -0.2) is 28.2 Å². The molecular weight excluding hydrogens is 256 g/mol. The molecule has 2 heterocycles. The molecule has 0 spiro atoms. The van der Waals surface area contributed by atoms with Gasteiger partial charge in [0.1, 0.15) is 5.69 Å². The van der Waals surface area contributed by atoms with Gasteiger partial charge in [-0.05, 0) is 25.0 Å². The van der Waals surface area contributed by atoms with Crippen LogP contribution in [0, 0.1) is 5.92 Å². The molecule has 0 aliphatic heterocycles. The first-order chi connectivity index (χ1) is 9.46. The Morgan fingerprint density at radius 3 is 2.90 bits per heavy atom. The van der Waals surface area contributed by atoms with Crippen molar-refractivity contribution in [3.8, 4) is 11.5 Å². The first-order valence-corrected chi connectivity index (χ1v) is 6.58. The summed E-state index contributed by atoms with van der Waals surface area (Å²) in [5.74, 6) is 0.614. The second kappa shape index (κ2) is 5.50. The van der Waals surface area contributed by atoms with Gasteiger partial charge in [0.2, 0.25) is 0 Å². The van der Waals surface area contributed by atoms with Gasteiger partial charge in [-0.2, -0.15) is 5.10 Å². The van der Waals surface area contributed by atoms with Crippen LogP contribution in [-0.2, 0) is 0 Å². The molecular formula is C14H20N4O2. The van der Waals surface area contributed by atoms with E-state index >= 15 is 0 Å². The number of carbonyl (C=O) groups is 1. The van der Waals surface area contributed by atoms with Crippen molar-refractivity contribution >= 4 is 5.91 Å². The highest BCUT2D eigenvalue weighted by Gasteiger charge is 2.29. The van der Waals surface area contributed by atoms with Crippen LogP contribution in [0.1, 0.15) is 31.3 Å². The molecule has 108 valence electrons. The third-order valence-electron chi connectivity index (χ3n) is 3.69. The highest BCUT2D eigenvalue weighted by molar-refractivity contribution is 5.93. The van der Waals surface area contributed by atoms with Gasteiger partial charge in [0.15, 0.2) is 11.5 Å². The number of hydrogen-bond donors (Lipinski definition) is 3. The number of aromatic nitrogens is 2. The van der Waals surface area contributed by atoms with Crippen LogP contribution in [0.5, 0.6) is 0 Å². The van der Waals surface area contributed by atoms with Crippen LogP contribution in [0.4, 0.5) is 0 Å². The van der Waals surface area contributed by atoms with Crippen LogP contribution in [0.15, 0.2) is 28.9 Å². The zero-order chi connectivity index (χ0) is 14.8. The summed E-state index contributed by atoms with van der Waals surface area (Å²) in [6.07, 6.45) is 1.57. The molecule has 0 aliphatic rings. The fraction of sp³-hybridized carbons (Fsp3) is 0.429. The Bertz CT molecular complexity index is 574. The number of H-pyrrole nitrogens is 1. The zero-order valence-electron chi connectivity index (χ0n) is 11.9. The Morgan fingerprint density at radius 1 is 1.60 bits per heavy atom. The molecule has 0 bridgehead atoms. The molecule has 1 unspecified atom stereocenters. The Morgan fingerprint density at radius 2 is 2.35 bits per heavy atom. The summed E-state index contributed by atoms with van der Waals surface area (Å²) in [7, 11) is 0. The van der Waals surface area contributed by atoms with Crippen LogP contribution in [0.2, 0.25) is 0 Å². The van der Waals surface area contributed by atoms with Crippen LogP contribution in [0.3, 0.4) is 0 Å². The fourth-order valence-electron chi connectivity index (χ4n) is 1.75. The first-order valence-electron chi connectivity index (χ1n) is 6.58. The van der Waals surface area contributed by atoms with Crippen molar-refractivity contribution in [3.05, 3.63) is 30.2 Å². The van der Waals surface area contributed by atoms with E-state index in [-0.39, 0.29) is 11.8 Å². The maximum Gasteiger partial charge on any atom is 0.272 e. The smallest absolute Gasteiger partial charge is 0.272 e. The normalized spacial score (nSPS) is 14.2. The number of hydrogen-bond acceptors (Lipinski definition) is 4. The molecule has 6 heteroatoms. The second-order valence-electron chi connectivity index (χ2n) is 5.37. The summed E-state index contributed by atoms with van der Waals surface area (Å²) in [6.45, 7) is 6.33. The molecule has 6 nitrogen and oxygen atoms in total. The van der Waals surface area contributed by atoms with E-state index in [1.165, 1.54) is 0 Å². The van der Waals surface area contributed by atoms with Crippen molar-refractivity contribution in [2.24, 2.45) is 11.7 Å². The van der Waals surface area contributed by atoms with Gasteiger partial charge in [0, 0.05) is 12.6 Å². The van der Waals surface area contributed by atoms with E-state index in [2.05, 4.69) is 15.5 Å². The number of aromatic amines is 1. The zero-order valence-corrected chi connectivity index (χ0v) is 11.9. The van der Waals surface area contributed by atoms with Gasteiger partial charge in [0.25, 0.3) is 5.91 Å². The van der Waals surface area contributed by atoms with Crippen LogP contribution >= 0.6 is 0 Å². The van der Waals surface area contributed by atoms with E-state index in [9.17, 15) is 4.79 Å². The van der Waals surface area contributed by atoms with E-state index in [4.69, 9.17) is 10.2 Å². The lowest BCUT2D eigenvalue weighted by atomic mass is 9.88. The van der Waals surface area contributed by atoms with Gasteiger partial charge in [-0.3, -0.25) is 9.89 Å². The Balaban J connectivity index is 2.14. The molecule has 1 amide bonds. The third-order valence-corrected chi connectivity index (χ3v) is 3.69. The van der Waals surface area contributed by atoms with Gasteiger partial charge in [-0.1, -0.05) is 13.8 Å². The maximum atomic E-state index is 12.2. The maximum absolute atomic E-state index is 12.2. The van der Waals surface area contributed by atoms with Gasteiger partial charge in [-0.15, -0.1) is 0 Å². The molecule has 20 heavy (non-hydrogen) atoms. The summed E-state index contributed by atoms with van der Waals surface area (Å²) in [4.78, 5) is 12.2. The highest BCUT2D eigenvalue weighted by Crippen LogP contribution is 2.19. The summed E-state index contributed by atoms with van der Waals surface area (Å²) in [5.41, 5.74) is 6.28. The molecule has 0 fully saturated rings. The number of nitrogens with two attached hydrogens (primary N) is 1. The number of nitrogens with one attached hydrogen (secondary N) is 2. The van der Waals surface area contributed by atoms with Gasteiger partial charge >= 0.3 is 0 Å². The molecule has 2 rings (SSSR count). The van der Waals surface area contributed by atoms with E-state index in [0.717, 1.165) is 0 Å². The number of carbonyl (C=O) groups excluding carboxylic acids is 1. The molecule has 2 aromatic heterocycles. The molecule has 1 atom stereocenters. The molecule has 0 aliphatic carbocycles. The van der Waals surface area contributed by atoms with Gasteiger partial charge in [-0.25, -0.2) is 0 Å². The van der Waals surface area contributed by atoms with Crippen LogP contribution in [0.25, 0.3) is 11.5 Å². The lowest BCUT2D eigenvalue weighted by Gasteiger charge is -2.33. The van der Waals surface area contributed by atoms with Crippen molar-refractivity contribution in [2.45, 2.75) is 26.3 Å². The molecule has 4 N–H and O–H groups in total. The lowest BCUT2D eigenvalue weighted by molar-refractivity contribution is 0.0878. The van der Waals surface area contributed by atoms with Crippen molar-refractivity contribution in [1.29, 1.82) is 0 Å². The number of amides is 1. The average Bonchev–Trinajstić information content (AvgIpc) is 3.08. The SMILES string of the molecule is CC(C)C(C)(CN)NC(=O)c1cc(-c2ccco2)[nH]n1. The van der Waals surface area contributed by atoms with Crippen LogP contribution < -0.4 is 11.1 Å². The van der Waals surface area contributed by atoms with Crippen molar-refractivity contribution in [2.75, 3.05) is 6.54 Å². The van der Waals surface area contributed by atoms with E-state index in [1.54, 1.807) is 24.5 Å². The number of furan rings is 1. The largest absolute Gasteiger partial charge is 0.463 e. The molecule has 0 saturated heterocycles. The minimum Gasteiger partial charge on any atom is -0.463 e. The first kappa shape index (κ1) is 14.3. The third kappa shape index (κ3) is 2.75. The lowest BCUT2D eigenvalue weighted by Crippen LogP contribution is -2.55. The quantitative estimate of drug-likeness (QED) is 0.775. The Labute approximate surface area is 117 Å². The van der Waals surface area contributed by atoms with Crippen molar-refractivity contribution < 1.29 is 9.21 Å². The van der Waals surface area contributed by atoms with E-state index in [1.807, 2.05) is 20.8 Å². The average molecular weight is 276 g/mol. The summed E-state index contributed by atoms with van der Waals surface area (Å²) in [5, 5.41) is 9.74. The van der Waals surface area contributed by atoms with Gasteiger partial charge in [0.05, 0.1) is 11.8 Å². The van der Waals surface area contributed by atoms with E-state index in [0.29, 0.717) is 23.7 Å². The molecule has 0 aromatic carbocycles. The molecule has 0 saturated carbocycles. The Kier molecular flexibility index (Phi) is 3.94. The minimum atomic E-state index is -0.457. The number of rotatable bonds is 5. The van der Waals surface area contributed by atoms with E-state index < -0.39 is 5.54 Å². The number of nitrogens with zero attached hydrogens (tertiary/aromatic N) is 1. The molecule has 0 radical (unpaired) electrons. The van der Waals surface area contributed by atoms with Crippen molar-refractivity contribution in [1.82, 2.24) is 15.5 Å².